The number of hydrogen-bond acceptors (Lipinski definition) is 8. The highest BCUT2D eigenvalue weighted by Gasteiger charge is 2.15. The highest BCUT2D eigenvalue weighted by molar-refractivity contribution is 6.29. The second-order valence-corrected chi connectivity index (χ2v) is 8.78. The summed E-state index contributed by atoms with van der Waals surface area (Å²) in [5, 5.41) is 9.22. The van der Waals surface area contributed by atoms with Crippen LogP contribution in [0.25, 0.3) is 27.9 Å². The number of fused-ring (bicyclic) bond motifs is 2. The molecule has 0 atom stereocenters. The predicted molar refractivity (Wildman–Crippen MR) is 132 cm³/mol. The van der Waals surface area contributed by atoms with Crippen LogP contribution in [0.2, 0.25) is 5.15 Å². The molecule has 5 aromatic rings. The molecule has 172 valence electrons. The van der Waals surface area contributed by atoms with E-state index in [1.807, 2.05) is 24.5 Å². The Morgan fingerprint density at radius 1 is 1.00 bits per heavy atom. The van der Waals surface area contributed by atoms with E-state index >= 15 is 0 Å². The number of nitrogens with one attached hydrogen (secondary N) is 2. The third-order valence-corrected chi connectivity index (χ3v) is 6.37. The van der Waals surface area contributed by atoms with Gasteiger partial charge in [0.15, 0.2) is 10.8 Å². The third kappa shape index (κ3) is 3.91. The Labute approximate surface area is 200 Å². The minimum absolute atomic E-state index is 0.463. The number of aromatic nitrogens is 7. The number of likely N-dealkylation sites (N-methyl/N-ethyl adjacent to an activating group) is 1. The van der Waals surface area contributed by atoms with Gasteiger partial charge in [-0.1, -0.05) is 17.7 Å². The zero-order valence-electron chi connectivity index (χ0n) is 18.6. The first kappa shape index (κ1) is 20.8. The van der Waals surface area contributed by atoms with Crippen LogP contribution in [0.5, 0.6) is 0 Å². The zero-order chi connectivity index (χ0) is 23.1. The third-order valence-electron chi connectivity index (χ3n) is 6.12. The van der Waals surface area contributed by atoms with E-state index in [1.54, 1.807) is 16.9 Å². The lowest BCUT2D eigenvalue weighted by Crippen LogP contribution is -2.44. The summed E-state index contributed by atoms with van der Waals surface area (Å²) in [5.41, 5.74) is 4.16. The second kappa shape index (κ2) is 8.54. The Hall–Kier alpha value is -3.76. The molecule has 5 aromatic heterocycles. The molecule has 1 fully saturated rings. The van der Waals surface area contributed by atoms with Crippen molar-refractivity contribution in [2.24, 2.45) is 0 Å². The van der Waals surface area contributed by atoms with Gasteiger partial charge in [0.05, 0.1) is 11.9 Å². The molecular formula is C23H23ClN10. The van der Waals surface area contributed by atoms with E-state index in [1.165, 1.54) is 0 Å². The summed E-state index contributed by atoms with van der Waals surface area (Å²) in [6.45, 7) is 4.73. The molecule has 0 spiro atoms. The van der Waals surface area contributed by atoms with E-state index in [9.17, 15) is 0 Å². The van der Waals surface area contributed by atoms with Crippen LogP contribution in [0.3, 0.4) is 0 Å². The van der Waals surface area contributed by atoms with Crippen molar-refractivity contribution in [1.29, 1.82) is 0 Å². The number of pyridine rings is 1. The number of nitrogens with zero attached hydrogens (tertiary/aromatic N) is 8. The van der Waals surface area contributed by atoms with Crippen molar-refractivity contribution < 1.29 is 0 Å². The molecule has 1 aliphatic rings. The monoisotopic (exact) mass is 474 g/mol. The molecule has 0 amide bonds. The molecule has 0 saturated carbocycles. The normalized spacial score (nSPS) is 14.8. The van der Waals surface area contributed by atoms with Crippen LogP contribution in [0.15, 0.2) is 49.1 Å². The van der Waals surface area contributed by atoms with Gasteiger partial charge in [0.2, 0.25) is 5.95 Å². The number of hydrogen-bond donors (Lipinski definition) is 2. The first-order chi connectivity index (χ1) is 16.6. The fraction of sp³-hybridized carbons (Fsp3) is 0.261. The van der Waals surface area contributed by atoms with Gasteiger partial charge in [-0.25, -0.2) is 19.5 Å². The minimum Gasteiger partial charge on any atom is -0.354 e. The van der Waals surface area contributed by atoms with Crippen molar-refractivity contribution in [2.45, 2.75) is 6.54 Å². The number of piperazine rings is 1. The number of halogens is 1. The molecule has 6 rings (SSSR count). The first-order valence-electron chi connectivity index (χ1n) is 11.1. The van der Waals surface area contributed by atoms with Crippen LogP contribution < -0.4 is 10.2 Å². The largest absolute Gasteiger partial charge is 0.354 e. The lowest BCUT2D eigenvalue weighted by atomic mass is 10.2. The van der Waals surface area contributed by atoms with Crippen LogP contribution >= 0.6 is 11.6 Å². The van der Waals surface area contributed by atoms with Crippen molar-refractivity contribution in [3.63, 3.8) is 0 Å². The summed E-state index contributed by atoms with van der Waals surface area (Å²) in [6, 6.07) is 7.97. The highest BCUT2D eigenvalue weighted by Crippen LogP contribution is 2.27. The van der Waals surface area contributed by atoms with E-state index in [0.29, 0.717) is 23.3 Å². The summed E-state index contributed by atoms with van der Waals surface area (Å²) < 4.78 is 1.61. The zero-order valence-corrected chi connectivity index (χ0v) is 19.4. The Bertz CT molecular complexity index is 1450. The number of aromatic amines is 1. The van der Waals surface area contributed by atoms with Crippen LogP contribution in [-0.2, 0) is 6.54 Å². The fourth-order valence-corrected chi connectivity index (χ4v) is 4.29. The molecule has 10 nitrogen and oxygen atoms in total. The maximum Gasteiger partial charge on any atom is 0.224 e. The maximum atomic E-state index is 6.17. The van der Waals surface area contributed by atoms with Crippen LogP contribution in [0, 0.1) is 0 Å². The van der Waals surface area contributed by atoms with Gasteiger partial charge in [-0.2, -0.15) is 10.1 Å². The smallest absolute Gasteiger partial charge is 0.224 e. The Kier molecular flexibility index (Phi) is 5.23. The van der Waals surface area contributed by atoms with Crippen molar-refractivity contribution >= 4 is 40.0 Å². The van der Waals surface area contributed by atoms with Gasteiger partial charge in [-0.05, 0) is 30.8 Å². The number of anilines is 2. The summed E-state index contributed by atoms with van der Waals surface area (Å²) >= 11 is 6.17. The highest BCUT2D eigenvalue weighted by atomic mass is 35.5. The SMILES string of the molecule is CN1CCN(c2ccc(CNc3ncc4c(-c5ccc6ncc(Cl)n6n5)c[nH]c4n3)cn2)CC1. The van der Waals surface area contributed by atoms with E-state index in [-0.39, 0.29) is 0 Å². The second-order valence-electron chi connectivity index (χ2n) is 8.40. The standard InChI is InChI=1S/C23H23ClN10/c1-32-6-8-33(9-7-32)20-4-2-15(10-25-20)11-28-23-29-13-17-16(12-27-22(17)30-23)18-3-5-21-26-14-19(24)34(21)31-18/h2-5,10,12-14H,6-9,11H2,1H3,(H2,27,28,29,30). The van der Waals surface area contributed by atoms with Gasteiger partial charge in [0.1, 0.15) is 11.5 Å². The summed E-state index contributed by atoms with van der Waals surface area (Å²) in [5.74, 6) is 1.57. The summed E-state index contributed by atoms with van der Waals surface area (Å²) in [7, 11) is 2.15. The topological polar surface area (TPSA) is 103 Å². The van der Waals surface area contributed by atoms with Gasteiger partial charge in [-0.3, -0.25) is 0 Å². The molecule has 0 aromatic carbocycles. The predicted octanol–water partition coefficient (Wildman–Crippen LogP) is 3.08. The Morgan fingerprint density at radius 3 is 2.71 bits per heavy atom. The number of H-pyrrole nitrogens is 1. The molecule has 0 radical (unpaired) electrons. The Morgan fingerprint density at radius 2 is 1.88 bits per heavy atom. The van der Waals surface area contributed by atoms with Crippen LogP contribution in [-0.4, -0.2) is 72.7 Å². The molecule has 6 heterocycles. The van der Waals surface area contributed by atoms with E-state index in [0.717, 1.165) is 59.9 Å². The van der Waals surface area contributed by atoms with Gasteiger partial charge < -0.3 is 20.1 Å². The number of rotatable bonds is 5. The minimum atomic E-state index is 0.463. The summed E-state index contributed by atoms with van der Waals surface area (Å²) in [6.07, 6.45) is 7.17. The molecule has 0 unspecified atom stereocenters. The van der Waals surface area contributed by atoms with Gasteiger partial charge in [0.25, 0.3) is 0 Å². The van der Waals surface area contributed by atoms with Crippen molar-refractivity contribution in [3.05, 3.63) is 59.8 Å². The lowest BCUT2D eigenvalue weighted by molar-refractivity contribution is 0.312. The molecule has 34 heavy (non-hydrogen) atoms. The molecule has 0 aliphatic carbocycles. The van der Waals surface area contributed by atoms with Crippen LogP contribution in [0.4, 0.5) is 11.8 Å². The molecule has 1 saturated heterocycles. The Balaban J connectivity index is 1.16. The van der Waals surface area contributed by atoms with Crippen molar-refractivity contribution in [3.8, 4) is 11.3 Å². The lowest BCUT2D eigenvalue weighted by Gasteiger charge is -2.33. The molecule has 1 aliphatic heterocycles. The van der Waals surface area contributed by atoms with E-state index in [2.05, 4.69) is 64.3 Å². The van der Waals surface area contributed by atoms with Gasteiger partial charge in [0, 0.05) is 62.3 Å². The molecule has 11 heteroatoms. The molecular weight excluding hydrogens is 452 g/mol. The average Bonchev–Trinajstić information content (AvgIpc) is 3.46. The van der Waals surface area contributed by atoms with E-state index < -0.39 is 0 Å². The fourth-order valence-electron chi connectivity index (χ4n) is 4.12. The van der Waals surface area contributed by atoms with Crippen LogP contribution in [0.1, 0.15) is 5.56 Å². The maximum absolute atomic E-state index is 6.17. The van der Waals surface area contributed by atoms with Gasteiger partial charge in [-0.15, -0.1) is 0 Å². The van der Waals surface area contributed by atoms with Crippen molar-refractivity contribution in [2.75, 3.05) is 43.4 Å². The van der Waals surface area contributed by atoms with Crippen molar-refractivity contribution in [1.82, 2.24) is 39.4 Å². The average molecular weight is 475 g/mol. The number of imidazole rings is 1. The first-order valence-corrected chi connectivity index (χ1v) is 11.5. The summed E-state index contributed by atoms with van der Waals surface area (Å²) in [4.78, 5) is 25.9. The van der Waals surface area contributed by atoms with E-state index in [4.69, 9.17) is 11.6 Å². The molecule has 0 bridgehead atoms. The quantitative estimate of drug-likeness (QED) is 0.400. The molecule has 2 N–H and O–H groups in total. The van der Waals surface area contributed by atoms with Gasteiger partial charge >= 0.3 is 0 Å².